The lowest BCUT2D eigenvalue weighted by molar-refractivity contribution is -0.125. The molecule has 6 nitrogen and oxygen atoms in total. The zero-order valence-electron chi connectivity index (χ0n) is 10.2. The van der Waals surface area contributed by atoms with E-state index in [1.807, 2.05) is 0 Å². The van der Waals surface area contributed by atoms with E-state index < -0.39 is 18.0 Å². The Morgan fingerprint density at radius 3 is 2.65 bits per heavy atom. The third-order valence-corrected chi connectivity index (χ3v) is 2.11. The third kappa shape index (κ3) is 3.90. The third-order valence-electron chi connectivity index (χ3n) is 2.11. The molecule has 6 heteroatoms. The summed E-state index contributed by atoms with van der Waals surface area (Å²) in [6, 6.07) is 0. The van der Waals surface area contributed by atoms with E-state index in [9.17, 15) is 9.59 Å². The van der Waals surface area contributed by atoms with Gasteiger partial charge in [0.05, 0.1) is 11.8 Å². The summed E-state index contributed by atoms with van der Waals surface area (Å²) >= 11 is 0. The Morgan fingerprint density at radius 2 is 2.12 bits per heavy atom. The molecule has 17 heavy (non-hydrogen) atoms. The molecule has 0 bridgehead atoms. The first-order valence-electron chi connectivity index (χ1n) is 5.43. The number of nitrogens with zero attached hydrogens (tertiary/aromatic N) is 2. The van der Waals surface area contributed by atoms with E-state index in [4.69, 9.17) is 10.5 Å². The fraction of sp³-hybridized carbons (Fsp3) is 0.545. The highest BCUT2D eigenvalue weighted by Gasteiger charge is 2.17. The van der Waals surface area contributed by atoms with Crippen LogP contribution in [0, 0.1) is 5.92 Å². The van der Waals surface area contributed by atoms with Crippen LogP contribution in [-0.2, 0) is 16.1 Å². The van der Waals surface area contributed by atoms with Gasteiger partial charge in [0.2, 0.25) is 0 Å². The highest BCUT2D eigenvalue weighted by Crippen LogP contribution is 2.05. The Kier molecular flexibility index (Phi) is 4.25. The summed E-state index contributed by atoms with van der Waals surface area (Å²) in [4.78, 5) is 22.3. The van der Waals surface area contributed by atoms with Crippen molar-refractivity contribution in [3.05, 3.63) is 18.0 Å². The van der Waals surface area contributed by atoms with Crippen molar-refractivity contribution in [3.8, 4) is 0 Å². The molecule has 0 saturated heterocycles. The number of hydrogen-bond donors (Lipinski definition) is 1. The van der Waals surface area contributed by atoms with E-state index in [0.717, 1.165) is 6.54 Å². The van der Waals surface area contributed by atoms with Crippen LogP contribution in [0.25, 0.3) is 0 Å². The number of nitrogens with two attached hydrogens (primary N) is 1. The number of esters is 1. The molecule has 1 atom stereocenters. The molecule has 2 N–H and O–H groups in total. The minimum Gasteiger partial charge on any atom is -0.449 e. The van der Waals surface area contributed by atoms with E-state index in [-0.39, 0.29) is 0 Å². The summed E-state index contributed by atoms with van der Waals surface area (Å²) in [5, 5.41) is 4.03. The molecule has 1 rings (SSSR count). The summed E-state index contributed by atoms with van der Waals surface area (Å²) in [6.07, 6.45) is 2.07. The Bertz CT molecular complexity index is 412. The van der Waals surface area contributed by atoms with Gasteiger partial charge in [0.1, 0.15) is 0 Å². The lowest BCUT2D eigenvalue weighted by Crippen LogP contribution is -2.30. The van der Waals surface area contributed by atoms with E-state index in [0.29, 0.717) is 11.5 Å². The molecule has 0 unspecified atom stereocenters. The van der Waals surface area contributed by atoms with E-state index in [2.05, 4.69) is 18.9 Å². The second kappa shape index (κ2) is 5.47. The number of aromatic nitrogens is 2. The second-order valence-corrected chi connectivity index (χ2v) is 4.29. The van der Waals surface area contributed by atoms with Gasteiger partial charge in [-0.05, 0) is 12.8 Å². The Labute approximate surface area is 99.7 Å². The molecule has 0 spiro atoms. The number of hydrogen-bond acceptors (Lipinski definition) is 4. The fourth-order valence-electron chi connectivity index (χ4n) is 1.23. The standard InChI is InChI=1S/C11H17N3O3/c1-7(2)5-14-6-9(4-13-14)11(16)17-8(3)10(12)15/h4,6-8H,5H2,1-3H3,(H2,12,15)/t8-/m0/s1. The van der Waals surface area contributed by atoms with E-state index in [1.165, 1.54) is 13.1 Å². The van der Waals surface area contributed by atoms with Crippen LogP contribution >= 0.6 is 0 Å². The van der Waals surface area contributed by atoms with Crippen LogP contribution in [0.2, 0.25) is 0 Å². The summed E-state index contributed by atoms with van der Waals surface area (Å²) in [5.74, 6) is -0.831. The van der Waals surface area contributed by atoms with Gasteiger partial charge in [-0.15, -0.1) is 0 Å². The van der Waals surface area contributed by atoms with Gasteiger partial charge < -0.3 is 10.5 Å². The van der Waals surface area contributed by atoms with Crippen LogP contribution in [-0.4, -0.2) is 27.8 Å². The van der Waals surface area contributed by atoms with Crippen molar-refractivity contribution >= 4 is 11.9 Å². The van der Waals surface area contributed by atoms with Gasteiger partial charge in [0, 0.05) is 12.7 Å². The van der Waals surface area contributed by atoms with Gasteiger partial charge in [-0.2, -0.15) is 5.10 Å². The molecule has 1 heterocycles. The van der Waals surface area contributed by atoms with Crippen LogP contribution in [0.4, 0.5) is 0 Å². The normalized spacial score (nSPS) is 12.5. The maximum absolute atomic E-state index is 11.6. The van der Waals surface area contributed by atoms with Crippen molar-refractivity contribution in [1.82, 2.24) is 9.78 Å². The average molecular weight is 239 g/mol. The maximum Gasteiger partial charge on any atom is 0.342 e. The maximum atomic E-state index is 11.6. The molecule has 0 aromatic carbocycles. The topological polar surface area (TPSA) is 87.2 Å². The molecule has 94 valence electrons. The largest absolute Gasteiger partial charge is 0.449 e. The number of ether oxygens (including phenoxy) is 1. The quantitative estimate of drug-likeness (QED) is 0.761. The zero-order chi connectivity index (χ0) is 13.0. The smallest absolute Gasteiger partial charge is 0.342 e. The lowest BCUT2D eigenvalue weighted by Gasteiger charge is -2.07. The predicted octanol–water partition coefficient (Wildman–Crippen LogP) is 0.570. The first-order chi connectivity index (χ1) is 7.90. The van der Waals surface area contributed by atoms with Crippen LogP contribution < -0.4 is 5.73 Å². The van der Waals surface area contributed by atoms with Gasteiger partial charge in [0.15, 0.2) is 6.10 Å². The van der Waals surface area contributed by atoms with Gasteiger partial charge in [-0.3, -0.25) is 9.48 Å². The van der Waals surface area contributed by atoms with Crippen molar-refractivity contribution in [2.45, 2.75) is 33.4 Å². The Morgan fingerprint density at radius 1 is 1.47 bits per heavy atom. The van der Waals surface area contributed by atoms with E-state index in [1.54, 1.807) is 10.9 Å². The van der Waals surface area contributed by atoms with Crippen molar-refractivity contribution in [3.63, 3.8) is 0 Å². The predicted molar refractivity (Wildman–Crippen MR) is 61.1 cm³/mol. The number of carbonyl (C=O) groups is 2. The molecule has 1 aromatic heterocycles. The Balaban J connectivity index is 2.64. The van der Waals surface area contributed by atoms with Crippen molar-refractivity contribution < 1.29 is 14.3 Å². The number of primary amides is 1. The molecule has 1 amide bonds. The van der Waals surface area contributed by atoms with Crippen LogP contribution in [0.3, 0.4) is 0 Å². The minimum atomic E-state index is -0.934. The monoisotopic (exact) mass is 239 g/mol. The van der Waals surface area contributed by atoms with E-state index >= 15 is 0 Å². The van der Waals surface area contributed by atoms with Crippen LogP contribution in [0.5, 0.6) is 0 Å². The highest BCUT2D eigenvalue weighted by atomic mass is 16.5. The van der Waals surface area contributed by atoms with Crippen molar-refractivity contribution in [2.75, 3.05) is 0 Å². The molecular formula is C11H17N3O3. The summed E-state index contributed by atoms with van der Waals surface area (Å²) < 4.78 is 6.51. The molecule has 0 aliphatic heterocycles. The second-order valence-electron chi connectivity index (χ2n) is 4.29. The van der Waals surface area contributed by atoms with Crippen LogP contribution in [0.15, 0.2) is 12.4 Å². The highest BCUT2D eigenvalue weighted by molar-refractivity contribution is 5.91. The lowest BCUT2D eigenvalue weighted by atomic mass is 10.2. The van der Waals surface area contributed by atoms with Gasteiger partial charge >= 0.3 is 5.97 Å². The molecule has 0 aliphatic carbocycles. The average Bonchev–Trinajstić information content (AvgIpc) is 2.64. The number of carbonyl (C=O) groups excluding carboxylic acids is 2. The van der Waals surface area contributed by atoms with Crippen molar-refractivity contribution in [1.29, 1.82) is 0 Å². The summed E-state index contributed by atoms with van der Waals surface area (Å²) in [5.41, 5.74) is 5.31. The first-order valence-corrected chi connectivity index (χ1v) is 5.43. The number of amides is 1. The fourth-order valence-corrected chi connectivity index (χ4v) is 1.23. The molecule has 1 aromatic rings. The SMILES string of the molecule is CC(C)Cn1cc(C(=O)O[C@@H](C)C(N)=O)cn1. The molecule has 0 fully saturated rings. The van der Waals surface area contributed by atoms with Gasteiger partial charge in [-0.1, -0.05) is 13.8 Å². The van der Waals surface area contributed by atoms with Crippen LogP contribution in [0.1, 0.15) is 31.1 Å². The number of rotatable bonds is 5. The molecule has 0 saturated carbocycles. The molecule has 0 aliphatic rings. The zero-order valence-corrected chi connectivity index (χ0v) is 10.2. The Hall–Kier alpha value is -1.85. The molecular weight excluding hydrogens is 222 g/mol. The molecule has 0 radical (unpaired) electrons. The van der Waals surface area contributed by atoms with Gasteiger partial charge in [-0.25, -0.2) is 4.79 Å². The first kappa shape index (κ1) is 13.2. The summed E-state index contributed by atoms with van der Waals surface area (Å²) in [7, 11) is 0. The minimum absolute atomic E-state index is 0.318. The van der Waals surface area contributed by atoms with Gasteiger partial charge in [0.25, 0.3) is 5.91 Å². The summed E-state index contributed by atoms with van der Waals surface area (Å²) in [6.45, 7) is 6.25. The van der Waals surface area contributed by atoms with Crippen molar-refractivity contribution in [2.24, 2.45) is 11.7 Å².